The van der Waals surface area contributed by atoms with Crippen LogP contribution in [0.4, 0.5) is 19.0 Å². The van der Waals surface area contributed by atoms with Gasteiger partial charge in [0.25, 0.3) is 0 Å². The van der Waals surface area contributed by atoms with Gasteiger partial charge in [-0.1, -0.05) is 0 Å². The van der Waals surface area contributed by atoms with E-state index in [2.05, 4.69) is 4.98 Å². The molecule has 2 heterocycles. The van der Waals surface area contributed by atoms with Gasteiger partial charge in [-0.15, -0.1) is 0 Å². The molecule has 1 N–H and O–H groups in total. The first-order valence-electron chi connectivity index (χ1n) is 7.18. The summed E-state index contributed by atoms with van der Waals surface area (Å²) in [6.45, 7) is 5.86. The van der Waals surface area contributed by atoms with Crippen LogP contribution >= 0.6 is 0 Å². The zero-order valence-corrected chi connectivity index (χ0v) is 13.1. The van der Waals surface area contributed by atoms with E-state index in [1.165, 1.54) is 11.0 Å². The van der Waals surface area contributed by atoms with Crippen molar-refractivity contribution in [2.75, 3.05) is 11.4 Å². The van der Waals surface area contributed by atoms with Crippen molar-refractivity contribution in [3.8, 4) is 0 Å². The van der Waals surface area contributed by atoms with Crippen LogP contribution in [0.5, 0.6) is 0 Å². The molecular weight excluding hydrogens is 313 g/mol. The highest BCUT2D eigenvalue weighted by molar-refractivity contribution is 5.78. The van der Waals surface area contributed by atoms with Crippen LogP contribution in [0, 0.1) is 0 Å². The second-order valence-electron chi connectivity index (χ2n) is 6.50. The number of nitrogens with zero attached hydrogens (tertiary/aromatic N) is 2. The SMILES string of the molecule is CC(C)(C)OC1CC(C(=O)O)N(c2ccc(C(F)(F)F)cn2)C1. The molecule has 0 spiro atoms. The Morgan fingerprint density at radius 3 is 2.43 bits per heavy atom. The van der Waals surface area contributed by atoms with Crippen molar-refractivity contribution in [2.24, 2.45) is 0 Å². The second kappa shape index (κ2) is 5.99. The summed E-state index contributed by atoms with van der Waals surface area (Å²) in [6, 6.07) is 1.23. The van der Waals surface area contributed by atoms with Gasteiger partial charge in [0, 0.05) is 19.2 Å². The largest absolute Gasteiger partial charge is 0.480 e. The maximum atomic E-state index is 12.6. The number of aromatic nitrogens is 1. The van der Waals surface area contributed by atoms with Crippen molar-refractivity contribution in [1.29, 1.82) is 0 Å². The zero-order valence-electron chi connectivity index (χ0n) is 13.1. The van der Waals surface area contributed by atoms with Crippen molar-refractivity contribution < 1.29 is 27.8 Å². The molecule has 1 aromatic heterocycles. The van der Waals surface area contributed by atoms with Crippen LogP contribution in [0.3, 0.4) is 0 Å². The third kappa shape index (κ3) is 4.34. The van der Waals surface area contributed by atoms with Crippen LogP contribution in [0.15, 0.2) is 18.3 Å². The summed E-state index contributed by atoms with van der Waals surface area (Å²) in [5.74, 6) is -0.850. The van der Waals surface area contributed by atoms with Gasteiger partial charge in [0.05, 0.1) is 17.3 Å². The Morgan fingerprint density at radius 1 is 1.35 bits per heavy atom. The lowest BCUT2D eigenvalue weighted by Gasteiger charge is -2.25. The van der Waals surface area contributed by atoms with E-state index >= 15 is 0 Å². The lowest BCUT2D eigenvalue weighted by atomic mass is 10.1. The fourth-order valence-electron chi connectivity index (χ4n) is 2.59. The quantitative estimate of drug-likeness (QED) is 0.922. The number of aliphatic carboxylic acids is 1. The molecule has 1 aromatic rings. The molecule has 2 atom stereocenters. The normalized spacial score (nSPS) is 22.4. The summed E-state index contributed by atoms with van der Waals surface area (Å²) < 4.78 is 43.5. The van der Waals surface area contributed by atoms with E-state index in [-0.39, 0.29) is 24.9 Å². The Kier molecular flexibility index (Phi) is 4.57. The Hall–Kier alpha value is -1.83. The van der Waals surface area contributed by atoms with Gasteiger partial charge < -0.3 is 14.7 Å². The Morgan fingerprint density at radius 2 is 2.00 bits per heavy atom. The minimum absolute atomic E-state index is 0.199. The van der Waals surface area contributed by atoms with E-state index in [4.69, 9.17) is 4.74 Å². The number of pyridine rings is 1. The monoisotopic (exact) mass is 332 g/mol. The van der Waals surface area contributed by atoms with Crippen LogP contribution in [0.2, 0.25) is 0 Å². The highest BCUT2D eigenvalue weighted by Gasteiger charge is 2.40. The summed E-state index contributed by atoms with van der Waals surface area (Å²) in [4.78, 5) is 16.7. The number of anilines is 1. The second-order valence-corrected chi connectivity index (χ2v) is 6.50. The van der Waals surface area contributed by atoms with Crippen LogP contribution < -0.4 is 4.90 Å². The fourth-order valence-corrected chi connectivity index (χ4v) is 2.59. The lowest BCUT2D eigenvalue weighted by Crippen LogP contribution is -2.36. The average molecular weight is 332 g/mol. The Balaban J connectivity index is 2.20. The third-order valence-corrected chi connectivity index (χ3v) is 3.44. The molecule has 0 radical (unpaired) electrons. The lowest BCUT2D eigenvalue weighted by molar-refractivity contribution is -0.139. The summed E-state index contributed by atoms with van der Waals surface area (Å²) in [7, 11) is 0. The third-order valence-electron chi connectivity index (χ3n) is 3.44. The van der Waals surface area contributed by atoms with Gasteiger partial charge in [0.1, 0.15) is 11.9 Å². The van der Waals surface area contributed by atoms with Gasteiger partial charge in [-0.3, -0.25) is 0 Å². The molecule has 23 heavy (non-hydrogen) atoms. The van der Waals surface area contributed by atoms with Gasteiger partial charge in [-0.25, -0.2) is 9.78 Å². The number of ether oxygens (including phenoxy) is 1. The fraction of sp³-hybridized carbons (Fsp3) is 0.600. The number of hydrogen-bond donors (Lipinski definition) is 1. The molecule has 0 saturated carbocycles. The summed E-state index contributed by atoms with van der Waals surface area (Å²) in [5.41, 5.74) is -1.30. The van der Waals surface area contributed by atoms with E-state index < -0.39 is 29.4 Å². The van der Waals surface area contributed by atoms with Crippen LogP contribution in [0.25, 0.3) is 0 Å². The number of halogens is 3. The van der Waals surface area contributed by atoms with E-state index in [1.54, 1.807) is 0 Å². The molecule has 0 aliphatic carbocycles. The van der Waals surface area contributed by atoms with Crippen molar-refractivity contribution in [1.82, 2.24) is 4.98 Å². The summed E-state index contributed by atoms with van der Waals surface area (Å²) in [5, 5.41) is 9.34. The minimum Gasteiger partial charge on any atom is -0.480 e. The molecule has 128 valence electrons. The van der Waals surface area contributed by atoms with E-state index in [0.717, 1.165) is 6.07 Å². The highest BCUT2D eigenvalue weighted by Crippen LogP contribution is 2.32. The molecule has 1 fully saturated rings. The van der Waals surface area contributed by atoms with Gasteiger partial charge in [-0.2, -0.15) is 13.2 Å². The number of rotatable bonds is 3. The first-order chi connectivity index (χ1) is 10.5. The number of carbonyl (C=O) groups is 1. The molecule has 1 aliphatic heterocycles. The predicted octanol–water partition coefficient (Wildman–Crippen LogP) is 2.95. The zero-order chi connectivity index (χ0) is 17.4. The summed E-state index contributed by atoms with van der Waals surface area (Å²) in [6.07, 6.45) is -3.82. The van der Waals surface area contributed by atoms with E-state index in [9.17, 15) is 23.1 Å². The highest BCUT2D eigenvalue weighted by atomic mass is 19.4. The first-order valence-corrected chi connectivity index (χ1v) is 7.18. The van der Waals surface area contributed by atoms with Crippen LogP contribution in [-0.4, -0.2) is 40.4 Å². The number of hydrogen-bond acceptors (Lipinski definition) is 4. The molecule has 2 rings (SSSR count). The molecule has 5 nitrogen and oxygen atoms in total. The smallest absolute Gasteiger partial charge is 0.417 e. The topological polar surface area (TPSA) is 62.7 Å². The summed E-state index contributed by atoms with van der Waals surface area (Å²) >= 11 is 0. The molecule has 8 heteroatoms. The molecule has 2 unspecified atom stereocenters. The molecule has 1 saturated heterocycles. The predicted molar refractivity (Wildman–Crippen MR) is 77.3 cm³/mol. The van der Waals surface area contributed by atoms with Gasteiger partial charge >= 0.3 is 12.1 Å². The van der Waals surface area contributed by atoms with Crippen molar-refractivity contribution >= 4 is 11.8 Å². The minimum atomic E-state index is -4.47. The van der Waals surface area contributed by atoms with E-state index in [0.29, 0.717) is 6.20 Å². The molecule has 0 amide bonds. The van der Waals surface area contributed by atoms with E-state index in [1.807, 2.05) is 20.8 Å². The molecule has 0 bridgehead atoms. The van der Waals surface area contributed by atoms with Gasteiger partial charge in [0.2, 0.25) is 0 Å². The van der Waals surface area contributed by atoms with Crippen molar-refractivity contribution in [3.63, 3.8) is 0 Å². The average Bonchev–Trinajstić information content (AvgIpc) is 2.79. The molecule has 1 aliphatic rings. The number of carboxylic acid groups (broad SMARTS) is 1. The Labute approximate surface area is 132 Å². The van der Waals surface area contributed by atoms with Gasteiger partial charge in [0.15, 0.2) is 0 Å². The number of carboxylic acids is 1. The Bertz CT molecular complexity index is 567. The standard InChI is InChI=1S/C15H19F3N2O3/c1-14(2,3)23-10-6-11(13(21)22)20(8-10)12-5-4-9(7-19-12)15(16,17)18/h4-5,7,10-11H,6,8H2,1-3H3,(H,21,22). The number of alkyl halides is 3. The van der Waals surface area contributed by atoms with Crippen molar-refractivity contribution in [3.05, 3.63) is 23.9 Å². The van der Waals surface area contributed by atoms with Crippen LogP contribution in [-0.2, 0) is 15.7 Å². The maximum Gasteiger partial charge on any atom is 0.417 e. The van der Waals surface area contributed by atoms with Crippen molar-refractivity contribution in [2.45, 2.75) is 51.1 Å². The maximum absolute atomic E-state index is 12.6. The molecule has 0 aromatic carbocycles. The molecular formula is C15H19F3N2O3. The van der Waals surface area contributed by atoms with Crippen LogP contribution in [0.1, 0.15) is 32.8 Å². The first kappa shape index (κ1) is 17.5. The van der Waals surface area contributed by atoms with Gasteiger partial charge in [-0.05, 0) is 32.9 Å².